The van der Waals surface area contributed by atoms with E-state index in [-0.39, 0.29) is 5.69 Å². The second-order valence-electron chi connectivity index (χ2n) is 3.33. The predicted molar refractivity (Wildman–Crippen MR) is 60.9 cm³/mol. The van der Waals surface area contributed by atoms with Crippen molar-refractivity contribution in [2.75, 3.05) is 13.2 Å². The van der Waals surface area contributed by atoms with Gasteiger partial charge in [-0.25, -0.2) is 14.6 Å². The molecule has 1 aromatic heterocycles. The Hall–Kier alpha value is -1.91. The van der Waals surface area contributed by atoms with Crippen LogP contribution in [0.1, 0.15) is 40.3 Å². The smallest absolute Gasteiger partial charge is 0.357 e. The van der Waals surface area contributed by atoms with Crippen molar-refractivity contribution in [3.63, 3.8) is 0 Å². The van der Waals surface area contributed by atoms with Gasteiger partial charge in [-0.2, -0.15) is 0 Å². The molecule has 1 heterocycles. The Balaban J connectivity index is 2.93. The van der Waals surface area contributed by atoms with Crippen LogP contribution >= 0.6 is 0 Å². The zero-order valence-corrected chi connectivity index (χ0v) is 10.1. The molecular formula is C12H15NO4. The summed E-state index contributed by atoms with van der Waals surface area (Å²) in [4.78, 5) is 26.8. The summed E-state index contributed by atoms with van der Waals surface area (Å²) < 4.78 is 9.67. The van der Waals surface area contributed by atoms with Crippen molar-refractivity contribution in [2.24, 2.45) is 0 Å². The van der Waals surface area contributed by atoms with Crippen molar-refractivity contribution in [1.82, 2.24) is 4.98 Å². The number of carbonyl (C=O) groups excluding carboxylic acids is 2. The molecule has 0 aromatic carbocycles. The lowest BCUT2D eigenvalue weighted by Gasteiger charge is -2.06. The second kappa shape index (κ2) is 5.98. The number of nitrogens with zero attached hydrogens (tertiary/aromatic N) is 1. The van der Waals surface area contributed by atoms with Crippen LogP contribution in [0.25, 0.3) is 0 Å². The Morgan fingerprint density at radius 3 is 2.29 bits per heavy atom. The van der Waals surface area contributed by atoms with E-state index in [2.05, 4.69) is 4.98 Å². The maximum Gasteiger partial charge on any atom is 0.357 e. The third-order valence-corrected chi connectivity index (χ3v) is 2.06. The molecule has 0 N–H and O–H groups in total. The Morgan fingerprint density at radius 1 is 1.18 bits per heavy atom. The Morgan fingerprint density at radius 2 is 1.76 bits per heavy atom. The largest absolute Gasteiger partial charge is 0.462 e. The quantitative estimate of drug-likeness (QED) is 0.746. The first-order valence-electron chi connectivity index (χ1n) is 5.41. The highest BCUT2D eigenvalue weighted by atomic mass is 16.5. The van der Waals surface area contributed by atoms with E-state index in [0.29, 0.717) is 24.3 Å². The van der Waals surface area contributed by atoms with E-state index in [1.165, 1.54) is 6.20 Å². The molecule has 0 bridgehead atoms. The number of hydrogen-bond donors (Lipinski definition) is 0. The third-order valence-electron chi connectivity index (χ3n) is 2.06. The first-order chi connectivity index (χ1) is 8.10. The number of pyridine rings is 1. The van der Waals surface area contributed by atoms with Gasteiger partial charge in [0.2, 0.25) is 0 Å². The summed E-state index contributed by atoms with van der Waals surface area (Å²) in [5.41, 5.74) is 1.14. The number of aromatic nitrogens is 1. The summed E-state index contributed by atoms with van der Waals surface area (Å²) in [6.45, 7) is 5.74. The minimum atomic E-state index is -0.486. The van der Waals surface area contributed by atoms with Gasteiger partial charge in [0.15, 0.2) is 5.69 Å². The van der Waals surface area contributed by atoms with E-state index in [1.54, 1.807) is 26.8 Å². The predicted octanol–water partition coefficient (Wildman–Crippen LogP) is 1.74. The summed E-state index contributed by atoms with van der Waals surface area (Å²) in [5.74, 6) is -0.932. The lowest BCUT2D eigenvalue weighted by Crippen LogP contribution is -2.12. The van der Waals surface area contributed by atoms with Crippen LogP contribution in [0.3, 0.4) is 0 Å². The lowest BCUT2D eigenvalue weighted by molar-refractivity contribution is 0.0504. The molecule has 17 heavy (non-hydrogen) atoms. The van der Waals surface area contributed by atoms with Crippen LogP contribution in [0.2, 0.25) is 0 Å². The maximum absolute atomic E-state index is 11.5. The fourth-order valence-electron chi connectivity index (χ4n) is 1.31. The molecule has 5 nitrogen and oxygen atoms in total. The van der Waals surface area contributed by atoms with Crippen molar-refractivity contribution >= 4 is 11.9 Å². The molecule has 0 aliphatic heterocycles. The fourth-order valence-corrected chi connectivity index (χ4v) is 1.31. The van der Waals surface area contributed by atoms with Crippen LogP contribution < -0.4 is 0 Å². The molecule has 1 aromatic rings. The molecule has 0 radical (unpaired) electrons. The highest BCUT2D eigenvalue weighted by Gasteiger charge is 2.15. The Kier molecular flexibility index (Phi) is 4.63. The highest BCUT2D eigenvalue weighted by Crippen LogP contribution is 2.10. The number of aryl methyl sites for hydroxylation is 1. The van der Waals surface area contributed by atoms with Gasteiger partial charge in [-0.15, -0.1) is 0 Å². The third kappa shape index (κ3) is 3.27. The summed E-state index contributed by atoms with van der Waals surface area (Å²) >= 11 is 0. The zero-order valence-electron chi connectivity index (χ0n) is 10.1. The van der Waals surface area contributed by atoms with Gasteiger partial charge in [0, 0.05) is 6.20 Å². The molecule has 0 aliphatic rings. The van der Waals surface area contributed by atoms with Gasteiger partial charge in [0.25, 0.3) is 0 Å². The van der Waals surface area contributed by atoms with E-state index in [1.807, 2.05) is 0 Å². The summed E-state index contributed by atoms with van der Waals surface area (Å²) in [7, 11) is 0. The van der Waals surface area contributed by atoms with Crippen LogP contribution in [-0.4, -0.2) is 30.1 Å². The van der Waals surface area contributed by atoms with Crippen molar-refractivity contribution in [3.8, 4) is 0 Å². The topological polar surface area (TPSA) is 65.5 Å². The molecule has 0 unspecified atom stereocenters. The molecule has 92 valence electrons. The first-order valence-corrected chi connectivity index (χ1v) is 5.41. The van der Waals surface area contributed by atoms with Crippen LogP contribution in [0, 0.1) is 6.92 Å². The van der Waals surface area contributed by atoms with Crippen molar-refractivity contribution in [3.05, 3.63) is 29.1 Å². The van der Waals surface area contributed by atoms with Crippen LogP contribution in [0.15, 0.2) is 12.3 Å². The second-order valence-corrected chi connectivity index (χ2v) is 3.33. The number of esters is 2. The molecule has 0 saturated heterocycles. The molecule has 0 aliphatic carbocycles. The van der Waals surface area contributed by atoms with Gasteiger partial charge in [-0.3, -0.25) is 0 Å². The van der Waals surface area contributed by atoms with Crippen molar-refractivity contribution < 1.29 is 19.1 Å². The summed E-state index contributed by atoms with van der Waals surface area (Å²) in [5, 5.41) is 0. The fraction of sp³-hybridized carbons (Fsp3) is 0.417. The average molecular weight is 237 g/mol. The SMILES string of the molecule is CCOC(=O)c1cnc(C(=O)OCC)c(C)c1. The van der Waals surface area contributed by atoms with Crippen molar-refractivity contribution in [1.29, 1.82) is 0 Å². The van der Waals surface area contributed by atoms with Crippen molar-refractivity contribution in [2.45, 2.75) is 20.8 Å². The van der Waals surface area contributed by atoms with Gasteiger partial charge < -0.3 is 9.47 Å². The minimum absolute atomic E-state index is 0.222. The highest BCUT2D eigenvalue weighted by molar-refractivity contribution is 5.92. The standard InChI is InChI=1S/C12H15NO4/c1-4-16-11(14)9-6-8(3)10(13-7-9)12(15)17-5-2/h6-7H,4-5H2,1-3H3. The van der Waals surface area contributed by atoms with Gasteiger partial charge in [-0.1, -0.05) is 0 Å². The first kappa shape index (κ1) is 13.2. The monoisotopic (exact) mass is 237 g/mol. The molecule has 0 saturated carbocycles. The number of hydrogen-bond acceptors (Lipinski definition) is 5. The zero-order chi connectivity index (χ0) is 12.8. The maximum atomic E-state index is 11.5. The normalized spacial score (nSPS) is 9.82. The van der Waals surface area contributed by atoms with Gasteiger partial charge in [0.1, 0.15) is 0 Å². The molecule has 1 rings (SSSR count). The number of ether oxygens (including phenoxy) is 2. The van der Waals surface area contributed by atoms with Gasteiger partial charge in [0.05, 0.1) is 18.8 Å². The van der Waals surface area contributed by atoms with E-state index < -0.39 is 11.9 Å². The van der Waals surface area contributed by atoms with Crippen LogP contribution in [0.5, 0.6) is 0 Å². The summed E-state index contributed by atoms with van der Waals surface area (Å²) in [6, 6.07) is 1.57. The molecule has 5 heteroatoms. The molecule has 0 atom stereocenters. The molecular weight excluding hydrogens is 222 g/mol. The van der Waals surface area contributed by atoms with E-state index in [0.717, 1.165) is 0 Å². The number of rotatable bonds is 4. The van der Waals surface area contributed by atoms with E-state index >= 15 is 0 Å². The van der Waals surface area contributed by atoms with Gasteiger partial charge in [-0.05, 0) is 32.4 Å². The number of carbonyl (C=O) groups is 2. The van der Waals surface area contributed by atoms with E-state index in [4.69, 9.17) is 9.47 Å². The molecule has 0 fully saturated rings. The molecule has 0 spiro atoms. The van der Waals surface area contributed by atoms with Crippen LogP contribution in [-0.2, 0) is 9.47 Å². The van der Waals surface area contributed by atoms with Gasteiger partial charge >= 0.3 is 11.9 Å². The summed E-state index contributed by atoms with van der Waals surface area (Å²) in [6.07, 6.45) is 1.32. The van der Waals surface area contributed by atoms with Crippen LogP contribution in [0.4, 0.5) is 0 Å². The Bertz CT molecular complexity index is 429. The van der Waals surface area contributed by atoms with E-state index in [9.17, 15) is 9.59 Å². The Labute approximate surface area is 99.8 Å². The lowest BCUT2D eigenvalue weighted by atomic mass is 10.1. The minimum Gasteiger partial charge on any atom is -0.462 e. The average Bonchev–Trinajstić information content (AvgIpc) is 2.29. The molecule has 0 amide bonds.